The summed E-state index contributed by atoms with van der Waals surface area (Å²) in [6, 6.07) is 18.2. The Hall–Kier alpha value is -3.14. The van der Waals surface area contributed by atoms with Gasteiger partial charge in [-0.2, -0.15) is 0 Å². The van der Waals surface area contributed by atoms with Gasteiger partial charge in [0.1, 0.15) is 29.2 Å². The first-order valence-corrected chi connectivity index (χ1v) is 12.1. The van der Waals surface area contributed by atoms with Crippen molar-refractivity contribution in [1.82, 2.24) is 14.8 Å². The molecule has 0 saturated heterocycles. The number of aryl methyl sites for hydroxylation is 1. The number of nitro groups is 1. The molecule has 0 aliphatic carbocycles. The van der Waals surface area contributed by atoms with E-state index in [9.17, 15) is 14.5 Å². The highest BCUT2D eigenvalue weighted by Gasteiger charge is 2.24. The maximum absolute atomic E-state index is 13.4. The standard InChI is InChI=1S/C24H19Cl2FN4O3S/c1-15-28-29-24(31(15)19-9-7-18(27)8-10-19)35-23(13-30(32)33)16-6-11-22(21(26)12-16)34-14-17-4-2-3-5-20(17)25/h2-12,23H,13-14H2,1H3/t23-/m0/s1. The molecule has 0 spiro atoms. The van der Waals surface area contributed by atoms with Crippen molar-refractivity contribution in [3.8, 4) is 11.4 Å². The average molecular weight is 533 g/mol. The zero-order valence-corrected chi connectivity index (χ0v) is 20.7. The average Bonchev–Trinajstić information content (AvgIpc) is 3.19. The number of hydrogen-bond acceptors (Lipinski definition) is 6. The van der Waals surface area contributed by atoms with Gasteiger partial charge in [0.15, 0.2) is 5.16 Å². The maximum Gasteiger partial charge on any atom is 0.220 e. The molecule has 180 valence electrons. The first kappa shape index (κ1) is 25.0. The number of hydrogen-bond donors (Lipinski definition) is 0. The SMILES string of the molecule is Cc1nnc(S[C@@H](C[N+](=O)[O-])c2ccc(OCc3ccccc3Cl)c(Cl)c2)n1-c1ccc(F)cc1. The van der Waals surface area contributed by atoms with Crippen LogP contribution in [0.4, 0.5) is 4.39 Å². The largest absolute Gasteiger partial charge is 0.487 e. The van der Waals surface area contributed by atoms with Crippen LogP contribution < -0.4 is 4.74 Å². The Labute approximate surface area is 215 Å². The molecular formula is C24H19Cl2FN4O3S. The highest BCUT2D eigenvalue weighted by Crippen LogP contribution is 2.38. The van der Waals surface area contributed by atoms with Crippen molar-refractivity contribution in [2.45, 2.75) is 23.9 Å². The number of aromatic nitrogens is 3. The summed E-state index contributed by atoms with van der Waals surface area (Å²) in [6.07, 6.45) is 0. The zero-order chi connectivity index (χ0) is 24.9. The molecule has 7 nitrogen and oxygen atoms in total. The fraction of sp³-hybridized carbons (Fsp3) is 0.167. The molecule has 1 aromatic heterocycles. The normalized spacial score (nSPS) is 11.9. The number of nitrogens with zero attached hydrogens (tertiary/aromatic N) is 4. The van der Waals surface area contributed by atoms with E-state index in [2.05, 4.69) is 10.2 Å². The fourth-order valence-electron chi connectivity index (χ4n) is 3.39. The van der Waals surface area contributed by atoms with Crippen LogP contribution in [0.2, 0.25) is 10.0 Å². The first-order valence-electron chi connectivity index (χ1n) is 10.4. The summed E-state index contributed by atoms with van der Waals surface area (Å²) in [6.45, 7) is 1.62. The van der Waals surface area contributed by atoms with Gasteiger partial charge in [0.25, 0.3) is 0 Å². The van der Waals surface area contributed by atoms with E-state index in [1.807, 2.05) is 18.2 Å². The van der Waals surface area contributed by atoms with Gasteiger partial charge >= 0.3 is 0 Å². The Bertz CT molecular complexity index is 1350. The quantitative estimate of drug-likeness (QED) is 0.135. The molecule has 0 aliphatic rings. The zero-order valence-electron chi connectivity index (χ0n) is 18.4. The molecule has 0 saturated carbocycles. The molecule has 0 bridgehead atoms. The van der Waals surface area contributed by atoms with E-state index in [-0.39, 0.29) is 19.0 Å². The van der Waals surface area contributed by atoms with Gasteiger partial charge < -0.3 is 4.74 Å². The van der Waals surface area contributed by atoms with Crippen molar-refractivity contribution in [1.29, 1.82) is 0 Å². The van der Waals surface area contributed by atoms with Crippen molar-refractivity contribution >= 4 is 35.0 Å². The van der Waals surface area contributed by atoms with Gasteiger partial charge in [0.05, 0.1) is 5.02 Å². The lowest BCUT2D eigenvalue weighted by atomic mass is 10.1. The van der Waals surface area contributed by atoms with Crippen molar-refractivity contribution in [2.75, 3.05) is 6.54 Å². The van der Waals surface area contributed by atoms with Gasteiger partial charge in [-0.25, -0.2) is 4.39 Å². The van der Waals surface area contributed by atoms with Gasteiger partial charge in [-0.1, -0.05) is 59.2 Å². The van der Waals surface area contributed by atoms with E-state index in [0.29, 0.717) is 38.0 Å². The van der Waals surface area contributed by atoms with E-state index < -0.39 is 10.2 Å². The Morgan fingerprint density at radius 1 is 1.09 bits per heavy atom. The minimum absolute atomic E-state index is 0.228. The van der Waals surface area contributed by atoms with Crippen LogP contribution in [0.25, 0.3) is 5.69 Å². The molecule has 11 heteroatoms. The number of thioether (sulfide) groups is 1. The highest BCUT2D eigenvalue weighted by molar-refractivity contribution is 7.99. The number of ether oxygens (including phenoxy) is 1. The van der Waals surface area contributed by atoms with Crippen LogP contribution in [-0.4, -0.2) is 26.2 Å². The summed E-state index contributed by atoms with van der Waals surface area (Å²) in [5.74, 6) is 0.636. The van der Waals surface area contributed by atoms with Gasteiger partial charge in [-0.05, 0) is 55.0 Å². The molecule has 3 aromatic carbocycles. The molecule has 0 fully saturated rings. The summed E-state index contributed by atoms with van der Waals surface area (Å²) in [4.78, 5) is 11.1. The van der Waals surface area contributed by atoms with E-state index in [1.165, 1.54) is 23.9 Å². The molecule has 0 unspecified atom stereocenters. The fourth-order valence-corrected chi connectivity index (χ4v) is 4.98. The molecule has 4 rings (SSSR count). The lowest BCUT2D eigenvalue weighted by Gasteiger charge is -2.16. The minimum Gasteiger partial charge on any atom is -0.487 e. The smallest absolute Gasteiger partial charge is 0.220 e. The van der Waals surface area contributed by atoms with E-state index in [4.69, 9.17) is 27.9 Å². The summed E-state index contributed by atoms with van der Waals surface area (Å²) in [5, 5.41) is 20.5. The lowest BCUT2D eigenvalue weighted by Crippen LogP contribution is -2.11. The predicted molar refractivity (Wildman–Crippen MR) is 134 cm³/mol. The van der Waals surface area contributed by atoms with Crippen LogP contribution >= 0.6 is 35.0 Å². The third-order valence-corrected chi connectivity index (χ3v) is 6.96. The molecule has 0 radical (unpaired) electrons. The van der Waals surface area contributed by atoms with E-state index in [1.54, 1.807) is 47.9 Å². The predicted octanol–water partition coefficient (Wildman–Crippen LogP) is 6.71. The molecule has 0 aliphatic heterocycles. The Morgan fingerprint density at radius 2 is 1.83 bits per heavy atom. The monoisotopic (exact) mass is 532 g/mol. The minimum atomic E-state index is -0.608. The van der Waals surface area contributed by atoms with Crippen molar-refractivity contribution in [3.63, 3.8) is 0 Å². The van der Waals surface area contributed by atoms with Crippen LogP contribution in [0, 0.1) is 22.9 Å². The Balaban J connectivity index is 1.58. The first-order chi connectivity index (χ1) is 16.8. The van der Waals surface area contributed by atoms with Crippen LogP contribution in [0.5, 0.6) is 5.75 Å². The van der Waals surface area contributed by atoms with Gasteiger partial charge in [0, 0.05) is 21.2 Å². The molecule has 4 aromatic rings. The topological polar surface area (TPSA) is 83.1 Å². The van der Waals surface area contributed by atoms with Crippen LogP contribution in [0.15, 0.2) is 71.9 Å². The summed E-state index contributed by atoms with van der Waals surface area (Å²) in [7, 11) is 0. The van der Waals surface area contributed by atoms with Crippen molar-refractivity contribution < 1.29 is 14.1 Å². The molecule has 1 heterocycles. The van der Waals surface area contributed by atoms with Crippen LogP contribution in [0.1, 0.15) is 22.2 Å². The summed E-state index contributed by atoms with van der Waals surface area (Å²) < 4.78 is 20.9. The molecular weight excluding hydrogens is 514 g/mol. The van der Waals surface area contributed by atoms with Crippen molar-refractivity contribution in [2.24, 2.45) is 0 Å². The van der Waals surface area contributed by atoms with Gasteiger partial charge in [-0.15, -0.1) is 10.2 Å². The Kier molecular flexibility index (Phi) is 7.90. The molecule has 0 amide bonds. The second-order valence-corrected chi connectivity index (χ2v) is 9.52. The van der Waals surface area contributed by atoms with Crippen LogP contribution in [0.3, 0.4) is 0 Å². The maximum atomic E-state index is 13.4. The van der Waals surface area contributed by atoms with E-state index in [0.717, 1.165) is 5.56 Å². The molecule has 35 heavy (non-hydrogen) atoms. The second-order valence-electron chi connectivity index (χ2n) is 7.53. The van der Waals surface area contributed by atoms with Crippen molar-refractivity contribution in [3.05, 3.63) is 110 Å². The van der Waals surface area contributed by atoms with Gasteiger partial charge in [-0.3, -0.25) is 14.7 Å². The number of benzene rings is 3. The van der Waals surface area contributed by atoms with Crippen LogP contribution in [-0.2, 0) is 6.61 Å². The second kappa shape index (κ2) is 11.1. The third-order valence-electron chi connectivity index (χ3n) is 5.11. The summed E-state index contributed by atoms with van der Waals surface area (Å²) >= 11 is 13.8. The lowest BCUT2D eigenvalue weighted by molar-refractivity contribution is -0.479. The molecule has 1 atom stereocenters. The number of halogens is 3. The summed E-state index contributed by atoms with van der Waals surface area (Å²) in [5.41, 5.74) is 2.09. The van der Waals surface area contributed by atoms with Gasteiger partial charge in [0.2, 0.25) is 6.54 Å². The highest BCUT2D eigenvalue weighted by atomic mass is 35.5. The number of rotatable bonds is 9. The van der Waals surface area contributed by atoms with E-state index >= 15 is 0 Å². The Morgan fingerprint density at radius 3 is 2.51 bits per heavy atom. The molecule has 0 N–H and O–H groups in total. The third kappa shape index (κ3) is 6.11.